The fraction of sp³-hybridized carbons (Fsp3) is 0.267. The fourth-order valence-electron chi connectivity index (χ4n) is 4.27. The van der Waals surface area contributed by atoms with Crippen molar-refractivity contribution in [3.8, 4) is 5.75 Å². The predicted molar refractivity (Wildman–Crippen MR) is 136 cm³/mol. The lowest BCUT2D eigenvalue weighted by Gasteiger charge is -2.28. The van der Waals surface area contributed by atoms with Crippen molar-refractivity contribution in [3.63, 3.8) is 0 Å². The first-order valence-corrected chi connectivity index (χ1v) is 11.6. The molecule has 0 unspecified atom stereocenters. The topological polar surface area (TPSA) is 48.4 Å². The molecule has 1 heterocycles. The second-order valence-electron chi connectivity index (χ2n) is 9.75. The van der Waals surface area contributed by atoms with Crippen LogP contribution in [0.25, 0.3) is 10.9 Å². The standard InChI is InChI=1S/C30H31NO3/c1-30(2,3)19-27(21-10-6-5-7-11-21)26-18-24(16-17-25(26)29(32)33-4)34-20-23-15-14-22-12-8-9-13-28(22)31-23/h5-18,27H,19-20H2,1-4H3/t27-/m1/s1. The molecule has 0 saturated heterocycles. The van der Waals surface area contributed by atoms with Gasteiger partial charge in [-0.1, -0.05) is 75.4 Å². The number of carbonyl (C=O) groups is 1. The summed E-state index contributed by atoms with van der Waals surface area (Å²) in [5.74, 6) is 0.387. The Morgan fingerprint density at radius 2 is 1.65 bits per heavy atom. The number of hydrogen-bond donors (Lipinski definition) is 0. The maximum atomic E-state index is 12.7. The molecular formula is C30H31NO3. The van der Waals surface area contributed by atoms with E-state index in [1.165, 1.54) is 7.11 Å². The van der Waals surface area contributed by atoms with Gasteiger partial charge < -0.3 is 9.47 Å². The van der Waals surface area contributed by atoms with E-state index in [9.17, 15) is 4.79 Å². The molecule has 0 N–H and O–H groups in total. The molecule has 0 spiro atoms. The molecular weight excluding hydrogens is 422 g/mol. The lowest BCUT2D eigenvalue weighted by molar-refractivity contribution is 0.0598. The Morgan fingerprint density at radius 3 is 2.38 bits per heavy atom. The maximum Gasteiger partial charge on any atom is 0.338 e. The molecule has 0 amide bonds. The summed E-state index contributed by atoms with van der Waals surface area (Å²) in [7, 11) is 1.42. The van der Waals surface area contributed by atoms with E-state index in [0.717, 1.165) is 34.1 Å². The lowest BCUT2D eigenvalue weighted by atomic mass is 9.76. The normalized spacial score (nSPS) is 12.4. The van der Waals surface area contributed by atoms with Gasteiger partial charge in [0.1, 0.15) is 12.4 Å². The first kappa shape index (κ1) is 23.5. The number of hydrogen-bond acceptors (Lipinski definition) is 4. The van der Waals surface area contributed by atoms with Gasteiger partial charge >= 0.3 is 5.97 Å². The Labute approximate surface area is 201 Å². The number of ether oxygens (including phenoxy) is 2. The molecule has 3 aromatic carbocycles. The number of fused-ring (bicyclic) bond motifs is 1. The van der Waals surface area contributed by atoms with Crippen LogP contribution in [-0.2, 0) is 11.3 Å². The van der Waals surface area contributed by atoms with Crippen molar-refractivity contribution >= 4 is 16.9 Å². The second-order valence-corrected chi connectivity index (χ2v) is 9.75. The average molecular weight is 454 g/mol. The van der Waals surface area contributed by atoms with Crippen LogP contribution in [0.5, 0.6) is 5.75 Å². The number of rotatable bonds is 7. The highest BCUT2D eigenvalue weighted by Gasteiger charge is 2.26. The highest BCUT2D eigenvalue weighted by Crippen LogP contribution is 2.39. The van der Waals surface area contributed by atoms with Crippen molar-refractivity contribution in [3.05, 3.63) is 107 Å². The number of esters is 1. The van der Waals surface area contributed by atoms with E-state index in [0.29, 0.717) is 17.9 Å². The minimum Gasteiger partial charge on any atom is -0.487 e. The average Bonchev–Trinajstić information content (AvgIpc) is 2.85. The van der Waals surface area contributed by atoms with Crippen molar-refractivity contribution in [2.24, 2.45) is 5.41 Å². The van der Waals surface area contributed by atoms with Crippen LogP contribution < -0.4 is 4.74 Å². The number of carbonyl (C=O) groups excluding carboxylic acids is 1. The highest BCUT2D eigenvalue weighted by molar-refractivity contribution is 5.91. The summed E-state index contributed by atoms with van der Waals surface area (Å²) < 4.78 is 11.3. The predicted octanol–water partition coefficient (Wildman–Crippen LogP) is 7.17. The number of pyridine rings is 1. The first-order chi connectivity index (χ1) is 16.3. The van der Waals surface area contributed by atoms with Crippen LogP contribution in [0.3, 0.4) is 0 Å². The zero-order chi connectivity index (χ0) is 24.1. The third-order valence-corrected chi connectivity index (χ3v) is 5.87. The van der Waals surface area contributed by atoms with Gasteiger partial charge in [0.15, 0.2) is 0 Å². The van der Waals surface area contributed by atoms with E-state index < -0.39 is 0 Å². The largest absolute Gasteiger partial charge is 0.487 e. The van der Waals surface area contributed by atoms with E-state index in [2.05, 4.69) is 39.0 Å². The molecule has 4 nitrogen and oxygen atoms in total. The number of nitrogens with zero attached hydrogens (tertiary/aromatic N) is 1. The van der Waals surface area contributed by atoms with Gasteiger partial charge in [-0.2, -0.15) is 0 Å². The summed E-state index contributed by atoms with van der Waals surface area (Å²) in [6, 6.07) is 28.0. The Morgan fingerprint density at radius 1 is 0.912 bits per heavy atom. The fourth-order valence-corrected chi connectivity index (χ4v) is 4.27. The summed E-state index contributed by atoms with van der Waals surface area (Å²) >= 11 is 0. The van der Waals surface area contributed by atoms with E-state index in [-0.39, 0.29) is 17.3 Å². The molecule has 0 fully saturated rings. The van der Waals surface area contributed by atoms with Crippen LogP contribution in [0.2, 0.25) is 0 Å². The van der Waals surface area contributed by atoms with Gasteiger partial charge in [-0.3, -0.25) is 0 Å². The molecule has 4 rings (SSSR count). The Hall–Kier alpha value is -3.66. The third kappa shape index (κ3) is 5.63. The van der Waals surface area contributed by atoms with Crippen molar-refractivity contribution in [1.29, 1.82) is 0 Å². The van der Waals surface area contributed by atoms with Crippen LogP contribution >= 0.6 is 0 Å². The maximum absolute atomic E-state index is 12.7. The van der Waals surface area contributed by atoms with Crippen molar-refractivity contribution in [1.82, 2.24) is 4.98 Å². The van der Waals surface area contributed by atoms with Crippen molar-refractivity contribution in [2.45, 2.75) is 39.7 Å². The van der Waals surface area contributed by atoms with E-state index in [1.807, 2.05) is 66.7 Å². The van der Waals surface area contributed by atoms with E-state index >= 15 is 0 Å². The minimum absolute atomic E-state index is 0.0256. The van der Waals surface area contributed by atoms with Gasteiger partial charge in [-0.25, -0.2) is 9.78 Å². The zero-order valence-electron chi connectivity index (χ0n) is 20.2. The minimum atomic E-state index is -0.340. The first-order valence-electron chi connectivity index (χ1n) is 11.6. The number of para-hydroxylation sites is 1. The van der Waals surface area contributed by atoms with Crippen molar-refractivity contribution < 1.29 is 14.3 Å². The summed E-state index contributed by atoms with van der Waals surface area (Å²) in [5.41, 5.74) is 4.50. The monoisotopic (exact) mass is 453 g/mol. The second kappa shape index (κ2) is 10.1. The van der Waals surface area contributed by atoms with Gasteiger partial charge in [-0.05, 0) is 53.3 Å². The van der Waals surface area contributed by atoms with Gasteiger partial charge in [0.2, 0.25) is 0 Å². The molecule has 1 aromatic heterocycles. The third-order valence-electron chi connectivity index (χ3n) is 5.87. The molecule has 1 atom stereocenters. The molecule has 174 valence electrons. The molecule has 4 aromatic rings. The van der Waals surface area contributed by atoms with Crippen LogP contribution in [0.15, 0.2) is 84.9 Å². The molecule has 0 aliphatic carbocycles. The molecule has 0 saturated carbocycles. The van der Waals surface area contributed by atoms with Crippen LogP contribution in [-0.4, -0.2) is 18.1 Å². The number of methoxy groups -OCH3 is 1. The van der Waals surface area contributed by atoms with E-state index in [4.69, 9.17) is 14.5 Å². The van der Waals surface area contributed by atoms with Crippen LogP contribution in [0.1, 0.15) is 60.3 Å². The quantitative estimate of drug-likeness (QED) is 0.278. The Balaban J connectivity index is 1.68. The molecule has 34 heavy (non-hydrogen) atoms. The molecule has 0 radical (unpaired) electrons. The molecule has 0 bridgehead atoms. The SMILES string of the molecule is COC(=O)c1ccc(OCc2ccc3ccccc3n2)cc1[C@H](CC(C)(C)C)c1ccccc1. The van der Waals surface area contributed by atoms with Gasteiger partial charge in [0.25, 0.3) is 0 Å². The van der Waals surface area contributed by atoms with Crippen LogP contribution in [0, 0.1) is 5.41 Å². The van der Waals surface area contributed by atoms with Crippen molar-refractivity contribution in [2.75, 3.05) is 7.11 Å². The smallest absolute Gasteiger partial charge is 0.338 e. The molecule has 0 aliphatic rings. The van der Waals surface area contributed by atoms with Gasteiger partial charge in [0, 0.05) is 11.3 Å². The van der Waals surface area contributed by atoms with Gasteiger partial charge in [0.05, 0.1) is 23.9 Å². The lowest BCUT2D eigenvalue weighted by Crippen LogP contribution is -2.17. The van der Waals surface area contributed by atoms with E-state index in [1.54, 1.807) is 0 Å². The molecule has 4 heteroatoms. The van der Waals surface area contributed by atoms with Crippen LogP contribution in [0.4, 0.5) is 0 Å². The Bertz CT molecular complexity index is 1280. The zero-order valence-corrected chi connectivity index (χ0v) is 20.2. The molecule has 0 aliphatic heterocycles. The highest BCUT2D eigenvalue weighted by atomic mass is 16.5. The number of benzene rings is 3. The van der Waals surface area contributed by atoms with Gasteiger partial charge in [-0.15, -0.1) is 0 Å². The summed E-state index contributed by atoms with van der Waals surface area (Å²) in [5, 5.41) is 1.10. The summed E-state index contributed by atoms with van der Waals surface area (Å²) in [4.78, 5) is 17.4. The summed E-state index contributed by atoms with van der Waals surface area (Å²) in [6.07, 6.45) is 0.872. The summed E-state index contributed by atoms with van der Waals surface area (Å²) in [6.45, 7) is 6.99. The Kier molecular flexibility index (Phi) is 6.97. The number of aromatic nitrogens is 1.